The topological polar surface area (TPSA) is 93.9 Å². The minimum absolute atomic E-state index is 0.397. The average Bonchev–Trinajstić information content (AvgIpc) is 2.89. The summed E-state index contributed by atoms with van der Waals surface area (Å²) in [6, 6.07) is 0. The Hall–Kier alpha value is -2.09. The normalized spacial score (nSPS) is 11.3. The molecule has 2 aromatic rings. The van der Waals surface area contributed by atoms with Gasteiger partial charge in [-0.15, -0.1) is 0 Å². The van der Waals surface area contributed by atoms with Gasteiger partial charge in [0.1, 0.15) is 0 Å². The molecule has 8 nitrogen and oxygen atoms in total. The highest BCUT2D eigenvalue weighted by Crippen LogP contribution is 2.16. The van der Waals surface area contributed by atoms with Crippen LogP contribution in [-0.4, -0.2) is 39.4 Å². The van der Waals surface area contributed by atoms with Crippen LogP contribution >= 0.6 is 0 Å². The Balaban J connectivity index is 2.41. The molecule has 0 saturated carbocycles. The number of H-pyrrole nitrogens is 1. The van der Waals surface area contributed by atoms with Crippen LogP contribution in [0.3, 0.4) is 0 Å². The van der Waals surface area contributed by atoms with E-state index >= 15 is 0 Å². The Morgan fingerprint density at radius 2 is 2.04 bits per heavy atom. The van der Waals surface area contributed by atoms with Gasteiger partial charge in [-0.2, -0.15) is 4.98 Å². The van der Waals surface area contributed by atoms with Crippen molar-refractivity contribution in [1.82, 2.24) is 19.1 Å². The molecule has 0 aromatic carbocycles. The molecule has 0 spiro atoms. The fraction of sp³-hybridized carbons (Fsp3) is 0.667. The lowest BCUT2D eigenvalue weighted by Crippen LogP contribution is -2.29. The molecule has 0 unspecified atom stereocenters. The molecule has 2 aromatic heterocycles. The molecule has 0 aliphatic rings. The first-order chi connectivity index (χ1) is 11.1. The summed E-state index contributed by atoms with van der Waals surface area (Å²) in [6.07, 6.45) is 4.37. The molecule has 0 aliphatic carbocycles. The first-order valence-electron chi connectivity index (χ1n) is 8.02. The number of aromatic amines is 1. The summed E-state index contributed by atoms with van der Waals surface area (Å²) in [7, 11) is 3.23. The van der Waals surface area contributed by atoms with Crippen LogP contribution in [0.25, 0.3) is 11.2 Å². The molecule has 0 radical (unpaired) electrons. The minimum atomic E-state index is -0.457. The van der Waals surface area contributed by atoms with E-state index in [1.165, 1.54) is 4.57 Å². The van der Waals surface area contributed by atoms with E-state index in [2.05, 4.69) is 22.2 Å². The third-order valence-corrected chi connectivity index (χ3v) is 3.83. The predicted molar refractivity (Wildman–Crippen MR) is 90.1 cm³/mol. The van der Waals surface area contributed by atoms with Crippen LogP contribution in [0.2, 0.25) is 0 Å². The number of unbranched alkanes of at least 4 members (excludes halogenated alkanes) is 3. The summed E-state index contributed by atoms with van der Waals surface area (Å²) in [5, 5.41) is 3.18. The number of hydrogen-bond acceptors (Lipinski definition) is 5. The van der Waals surface area contributed by atoms with Gasteiger partial charge < -0.3 is 14.6 Å². The van der Waals surface area contributed by atoms with E-state index in [1.54, 1.807) is 14.2 Å². The number of fused-ring (bicyclic) bond motifs is 1. The fourth-order valence-electron chi connectivity index (χ4n) is 2.55. The lowest BCUT2D eigenvalue weighted by atomic mass is 10.2. The summed E-state index contributed by atoms with van der Waals surface area (Å²) in [5.41, 5.74) is -0.0230. The number of ether oxygens (including phenoxy) is 1. The Kier molecular flexibility index (Phi) is 5.97. The van der Waals surface area contributed by atoms with Crippen LogP contribution in [0.15, 0.2) is 9.59 Å². The molecule has 8 heteroatoms. The second-order valence-corrected chi connectivity index (χ2v) is 5.56. The largest absolute Gasteiger partial charge is 0.383 e. The lowest BCUT2D eigenvalue weighted by molar-refractivity contribution is 0.210. The minimum Gasteiger partial charge on any atom is -0.383 e. The van der Waals surface area contributed by atoms with E-state index in [0.29, 0.717) is 36.8 Å². The zero-order valence-corrected chi connectivity index (χ0v) is 14.0. The molecule has 2 N–H and O–H groups in total. The number of aromatic nitrogens is 4. The Bertz CT molecular complexity index is 759. The summed E-state index contributed by atoms with van der Waals surface area (Å²) in [6.45, 7) is 3.97. The van der Waals surface area contributed by atoms with Crippen molar-refractivity contribution in [3.63, 3.8) is 0 Å². The number of hydrogen-bond donors (Lipinski definition) is 2. The van der Waals surface area contributed by atoms with Crippen molar-refractivity contribution in [1.29, 1.82) is 0 Å². The SMILES string of the molecule is CCCCCCn1c(NCCOC)nc2c1c(=O)[nH]c(=O)n2C. The zero-order valence-electron chi connectivity index (χ0n) is 14.0. The van der Waals surface area contributed by atoms with Gasteiger partial charge in [-0.1, -0.05) is 26.2 Å². The van der Waals surface area contributed by atoms with Gasteiger partial charge in [0, 0.05) is 27.2 Å². The van der Waals surface area contributed by atoms with Gasteiger partial charge in [-0.05, 0) is 6.42 Å². The Morgan fingerprint density at radius 3 is 2.74 bits per heavy atom. The van der Waals surface area contributed by atoms with E-state index in [9.17, 15) is 9.59 Å². The molecule has 2 rings (SSSR count). The van der Waals surface area contributed by atoms with Crippen LogP contribution in [0, 0.1) is 0 Å². The smallest absolute Gasteiger partial charge is 0.329 e. The van der Waals surface area contributed by atoms with Crippen LogP contribution in [0.5, 0.6) is 0 Å². The van der Waals surface area contributed by atoms with Gasteiger partial charge in [-0.3, -0.25) is 14.3 Å². The fourth-order valence-corrected chi connectivity index (χ4v) is 2.55. The van der Waals surface area contributed by atoms with Crippen molar-refractivity contribution < 1.29 is 4.74 Å². The maximum atomic E-state index is 12.2. The zero-order chi connectivity index (χ0) is 16.8. The summed E-state index contributed by atoms with van der Waals surface area (Å²) < 4.78 is 8.26. The van der Waals surface area contributed by atoms with Crippen LogP contribution in [-0.2, 0) is 18.3 Å². The quantitative estimate of drug-likeness (QED) is 0.673. The first kappa shape index (κ1) is 17.3. The van der Waals surface area contributed by atoms with Gasteiger partial charge in [0.25, 0.3) is 5.56 Å². The average molecular weight is 323 g/mol. The summed E-state index contributed by atoms with van der Waals surface area (Å²) in [5.74, 6) is 0.597. The number of nitrogens with zero attached hydrogens (tertiary/aromatic N) is 3. The van der Waals surface area contributed by atoms with Crippen molar-refractivity contribution in [2.45, 2.75) is 39.2 Å². The van der Waals surface area contributed by atoms with Crippen LogP contribution < -0.4 is 16.6 Å². The third-order valence-electron chi connectivity index (χ3n) is 3.83. The van der Waals surface area contributed by atoms with E-state index in [1.807, 2.05) is 4.57 Å². The molecule has 2 heterocycles. The van der Waals surface area contributed by atoms with Crippen molar-refractivity contribution in [2.75, 3.05) is 25.6 Å². The highest BCUT2D eigenvalue weighted by molar-refractivity contribution is 5.74. The molecule has 23 heavy (non-hydrogen) atoms. The molecule has 0 amide bonds. The molecule has 0 bridgehead atoms. The monoisotopic (exact) mass is 323 g/mol. The second-order valence-electron chi connectivity index (χ2n) is 5.56. The van der Waals surface area contributed by atoms with Crippen molar-refractivity contribution in [3.05, 3.63) is 20.8 Å². The summed E-state index contributed by atoms with van der Waals surface area (Å²) >= 11 is 0. The molecular weight excluding hydrogens is 298 g/mol. The van der Waals surface area contributed by atoms with E-state index in [-0.39, 0.29) is 0 Å². The maximum absolute atomic E-state index is 12.2. The van der Waals surface area contributed by atoms with Gasteiger partial charge in [0.2, 0.25) is 5.95 Å². The summed E-state index contributed by atoms with van der Waals surface area (Å²) in [4.78, 5) is 30.8. The van der Waals surface area contributed by atoms with Crippen LogP contribution in [0.4, 0.5) is 5.95 Å². The Labute approximate surface area is 134 Å². The van der Waals surface area contributed by atoms with Crippen molar-refractivity contribution in [2.24, 2.45) is 7.05 Å². The third kappa shape index (κ3) is 3.82. The standard InChI is InChI=1S/C15H25N5O3/c1-4-5-6-7-9-20-11-12(17-14(20)16-8-10-23-3)19(2)15(22)18-13(11)21/h4-10H2,1-3H3,(H,16,17)(H,18,21,22). The van der Waals surface area contributed by atoms with Gasteiger partial charge in [0.15, 0.2) is 11.2 Å². The number of methoxy groups -OCH3 is 1. The highest BCUT2D eigenvalue weighted by Gasteiger charge is 2.16. The molecule has 0 aliphatic heterocycles. The predicted octanol–water partition coefficient (Wildman–Crippen LogP) is 1.06. The lowest BCUT2D eigenvalue weighted by Gasteiger charge is -2.10. The first-order valence-corrected chi connectivity index (χ1v) is 8.02. The van der Waals surface area contributed by atoms with Crippen LogP contribution in [0.1, 0.15) is 32.6 Å². The molecule has 0 saturated heterocycles. The van der Waals surface area contributed by atoms with Crippen molar-refractivity contribution in [3.8, 4) is 0 Å². The highest BCUT2D eigenvalue weighted by atomic mass is 16.5. The van der Waals surface area contributed by atoms with E-state index in [4.69, 9.17) is 4.74 Å². The maximum Gasteiger partial charge on any atom is 0.329 e. The molecule has 128 valence electrons. The number of nitrogens with one attached hydrogen (secondary N) is 2. The molecule has 0 fully saturated rings. The van der Waals surface area contributed by atoms with E-state index in [0.717, 1.165) is 25.7 Å². The number of rotatable bonds is 9. The van der Waals surface area contributed by atoms with E-state index < -0.39 is 11.2 Å². The molecular formula is C15H25N5O3. The second kappa shape index (κ2) is 7.96. The van der Waals surface area contributed by atoms with Gasteiger partial charge in [0.05, 0.1) is 6.61 Å². The van der Waals surface area contributed by atoms with Crippen molar-refractivity contribution >= 4 is 17.1 Å². The number of imidazole rings is 1. The molecule has 0 atom stereocenters. The van der Waals surface area contributed by atoms with Gasteiger partial charge >= 0.3 is 5.69 Å². The number of anilines is 1. The van der Waals surface area contributed by atoms with Gasteiger partial charge in [-0.25, -0.2) is 4.79 Å². The number of aryl methyl sites for hydroxylation is 2. The Morgan fingerprint density at radius 1 is 1.26 bits per heavy atom.